The lowest BCUT2D eigenvalue weighted by Gasteiger charge is -2.37. The van der Waals surface area contributed by atoms with E-state index in [0.717, 1.165) is 24.3 Å². The van der Waals surface area contributed by atoms with Crippen LogP contribution in [0.5, 0.6) is 11.5 Å². The molecule has 0 aliphatic carbocycles. The van der Waals surface area contributed by atoms with Gasteiger partial charge in [-0.15, -0.1) is 11.3 Å². The van der Waals surface area contributed by atoms with Gasteiger partial charge in [-0.25, -0.2) is 0 Å². The maximum Gasteiger partial charge on any atom is 0.234 e. The lowest BCUT2D eigenvalue weighted by atomic mass is 9.91. The van der Waals surface area contributed by atoms with Crippen LogP contribution in [-0.4, -0.2) is 38.1 Å². The van der Waals surface area contributed by atoms with Gasteiger partial charge >= 0.3 is 0 Å². The van der Waals surface area contributed by atoms with Gasteiger partial charge in [0.1, 0.15) is 0 Å². The summed E-state index contributed by atoms with van der Waals surface area (Å²) in [7, 11) is 3.31. The predicted molar refractivity (Wildman–Crippen MR) is 119 cm³/mol. The molecule has 0 bridgehead atoms. The summed E-state index contributed by atoms with van der Waals surface area (Å²) < 4.78 is 11.0. The largest absolute Gasteiger partial charge is 0.493 e. The second-order valence-electron chi connectivity index (χ2n) is 7.31. The average molecular weight is 423 g/mol. The van der Waals surface area contributed by atoms with E-state index in [9.17, 15) is 4.79 Å². The number of carbonyl (C=O) groups excluding carboxylic acids is 1. The Balaban J connectivity index is 1.57. The van der Waals surface area contributed by atoms with Gasteiger partial charge in [0.15, 0.2) is 11.5 Å². The van der Waals surface area contributed by atoms with E-state index in [1.54, 1.807) is 25.6 Å². The first kappa shape index (κ1) is 20.4. The molecule has 0 fully saturated rings. The van der Waals surface area contributed by atoms with E-state index in [-0.39, 0.29) is 11.9 Å². The molecule has 1 aliphatic heterocycles. The minimum Gasteiger partial charge on any atom is -0.493 e. The second-order valence-corrected chi connectivity index (χ2v) is 8.29. The summed E-state index contributed by atoms with van der Waals surface area (Å²) in [5.74, 6) is 1.49. The third-order valence-electron chi connectivity index (χ3n) is 5.47. The number of benzene rings is 2. The Morgan fingerprint density at radius 2 is 1.87 bits per heavy atom. The van der Waals surface area contributed by atoms with Crippen molar-refractivity contribution < 1.29 is 14.3 Å². The Bertz CT molecular complexity index is 989. The SMILES string of the molecule is COc1cc2c(cc1OC)[C@H](c1cccs1)N(CC(=O)NCc1ccccc1)CC2. The minimum absolute atomic E-state index is 0.0241. The van der Waals surface area contributed by atoms with Crippen LogP contribution in [-0.2, 0) is 17.8 Å². The zero-order valence-electron chi connectivity index (χ0n) is 17.3. The Hall–Kier alpha value is -2.83. The first-order valence-electron chi connectivity index (χ1n) is 10.0. The maximum absolute atomic E-state index is 12.7. The van der Waals surface area contributed by atoms with E-state index in [1.807, 2.05) is 30.3 Å². The van der Waals surface area contributed by atoms with Crippen molar-refractivity contribution >= 4 is 17.2 Å². The van der Waals surface area contributed by atoms with Gasteiger partial charge in [0.2, 0.25) is 5.91 Å². The standard InChI is InChI=1S/C24H26N2O3S/c1-28-20-13-18-10-11-26(16-23(27)25-15-17-7-4-3-5-8-17)24(22-9-6-12-30-22)19(18)14-21(20)29-2/h3-9,12-14,24H,10-11,15-16H2,1-2H3,(H,25,27)/t24-/m1/s1. The number of hydrogen-bond donors (Lipinski definition) is 1. The number of amides is 1. The van der Waals surface area contributed by atoms with Crippen molar-refractivity contribution in [3.05, 3.63) is 81.5 Å². The number of fused-ring (bicyclic) bond motifs is 1. The predicted octanol–water partition coefficient (Wildman–Crippen LogP) is 4.03. The summed E-state index contributed by atoms with van der Waals surface area (Å²) in [6.45, 7) is 1.70. The molecule has 3 aromatic rings. The molecule has 1 amide bonds. The molecule has 2 heterocycles. The Morgan fingerprint density at radius 1 is 1.10 bits per heavy atom. The molecule has 1 atom stereocenters. The van der Waals surface area contributed by atoms with Gasteiger partial charge in [-0.1, -0.05) is 36.4 Å². The maximum atomic E-state index is 12.7. The third kappa shape index (κ3) is 4.35. The molecule has 1 aromatic heterocycles. The molecule has 2 aromatic carbocycles. The molecule has 0 unspecified atom stereocenters. The van der Waals surface area contributed by atoms with Crippen LogP contribution in [0.25, 0.3) is 0 Å². The quantitative estimate of drug-likeness (QED) is 0.625. The number of nitrogens with one attached hydrogen (secondary N) is 1. The van der Waals surface area contributed by atoms with Crippen LogP contribution in [0, 0.1) is 0 Å². The highest BCUT2D eigenvalue weighted by molar-refractivity contribution is 7.10. The number of methoxy groups -OCH3 is 2. The fraction of sp³-hybridized carbons (Fsp3) is 0.292. The number of rotatable bonds is 7. The van der Waals surface area contributed by atoms with Crippen LogP contribution in [0.1, 0.15) is 27.6 Å². The normalized spacial score (nSPS) is 16.0. The summed E-state index contributed by atoms with van der Waals surface area (Å²) in [4.78, 5) is 16.2. The van der Waals surface area contributed by atoms with E-state index in [0.29, 0.717) is 18.8 Å². The zero-order chi connectivity index (χ0) is 20.9. The van der Waals surface area contributed by atoms with E-state index in [2.05, 4.69) is 39.9 Å². The van der Waals surface area contributed by atoms with Gasteiger partial charge in [-0.05, 0) is 46.7 Å². The van der Waals surface area contributed by atoms with Crippen LogP contribution in [0.15, 0.2) is 60.0 Å². The molecule has 6 heteroatoms. The van der Waals surface area contributed by atoms with Gasteiger partial charge in [0, 0.05) is 18.0 Å². The summed E-state index contributed by atoms with van der Waals surface area (Å²) in [6.07, 6.45) is 0.865. The summed E-state index contributed by atoms with van der Waals surface area (Å²) in [6, 6.07) is 18.3. The van der Waals surface area contributed by atoms with E-state index < -0.39 is 0 Å². The van der Waals surface area contributed by atoms with E-state index in [4.69, 9.17) is 9.47 Å². The smallest absolute Gasteiger partial charge is 0.234 e. The molecule has 0 saturated carbocycles. The molecule has 0 spiro atoms. The van der Waals surface area contributed by atoms with Crippen molar-refractivity contribution in [2.75, 3.05) is 27.3 Å². The van der Waals surface area contributed by atoms with Crippen molar-refractivity contribution in [1.29, 1.82) is 0 Å². The molecule has 0 radical (unpaired) electrons. The molecular formula is C24H26N2O3S. The summed E-state index contributed by atoms with van der Waals surface area (Å²) in [5, 5.41) is 5.14. The highest BCUT2D eigenvalue weighted by Gasteiger charge is 2.32. The Morgan fingerprint density at radius 3 is 2.57 bits per heavy atom. The molecule has 156 valence electrons. The molecule has 0 saturated heterocycles. The lowest BCUT2D eigenvalue weighted by molar-refractivity contribution is -0.122. The second kappa shape index (κ2) is 9.32. The van der Waals surface area contributed by atoms with Crippen molar-refractivity contribution in [3.63, 3.8) is 0 Å². The Labute approximate surface area is 181 Å². The van der Waals surface area contributed by atoms with Crippen molar-refractivity contribution in [2.24, 2.45) is 0 Å². The van der Waals surface area contributed by atoms with Gasteiger partial charge in [0.25, 0.3) is 0 Å². The highest BCUT2D eigenvalue weighted by atomic mass is 32.1. The molecular weight excluding hydrogens is 396 g/mol. The zero-order valence-corrected chi connectivity index (χ0v) is 18.1. The topological polar surface area (TPSA) is 50.8 Å². The van der Waals surface area contributed by atoms with Gasteiger partial charge < -0.3 is 14.8 Å². The fourth-order valence-electron chi connectivity index (χ4n) is 3.98. The first-order valence-corrected chi connectivity index (χ1v) is 10.9. The van der Waals surface area contributed by atoms with Crippen molar-refractivity contribution in [2.45, 2.75) is 19.0 Å². The minimum atomic E-state index is 0.0241. The van der Waals surface area contributed by atoms with Gasteiger partial charge in [-0.2, -0.15) is 0 Å². The molecule has 1 aliphatic rings. The van der Waals surface area contributed by atoms with Crippen LogP contribution >= 0.6 is 11.3 Å². The number of thiophene rings is 1. The first-order chi connectivity index (χ1) is 14.7. The summed E-state index contributed by atoms with van der Waals surface area (Å²) in [5.41, 5.74) is 3.52. The molecule has 1 N–H and O–H groups in total. The molecule has 5 nitrogen and oxygen atoms in total. The molecule has 4 rings (SSSR count). The number of hydrogen-bond acceptors (Lipinski definition) is 5. The van der Waals surface area contributed by atoms with Crippen LogP contribution in [0.3, 0.4) is 0 Å². The number of carbonyl (C=O) groups is 1. The lowest BCUT2D eigenvalue weighted by Crippen LogP contribution is -2.42. The van der Waals surface area contributed by atoms with E-state index in [1.165, 1.54) is 16.0 Å². The number of ether oxygens (including phenoxy) is 2. The average Bonchev–Trinajstić information content (AvgIpc) is 3.31. The Kier molecular flexibility index (Phi) is 6.35. The fourth-order valence-corrected chi connectivity index (χ4v) is 4.86. The van der Waals surface area contributed by atoms with E-state index >= 15 is 0 Å². The summed E-state index contributed by atoms with van der Waals surface area (Å²) >= 11 is 1.71. The van der Waals surface area contributed by atoms with Crippen LogP contribution < -0.4 is 14.8 Å². The van der Waals surface area contributed by atoms with Gasteiger partial charge in [-0.3, -0.25) is 9.69 Å². The molecule has 30 heavy (non-hydrogen) atoms. The highest BCUT2D eigenvalue weighted by Crippen LogP contribution is 2.41. The van der Waals surface area contributed by atoms with Crippen LogP contribution in [0.4, 0.5) is 0 Å². The van der Waals surface area contributed by atoms with Crippen LogP contribution in [0.2, 0.25) is 0 Å². The third-order valence-corrected chi connectivity index (χ3v) is 6.39. The van der Waals surface area contributed by atoms with Gasteiger partial charge in [0.05, 0.1) is 26.8 Å². The van der Waals surface area contributed by atoms with Crippen molar-refractivity contribution in [1.82, 2.24) is 10.2 Å². The monoisotopic (exact) mass is 422 g/mol. The van der Waals surface area contributed by atoms with Crippen molar-refractivity contribution in [3.8, 4) is 11.5 Å². The number of nitrogens with zero attached hydrogens (tertiary/aromatic N) is 1.